The second-order valence-electron chi connectivity index (χ2n) is 5.22. The van der Waals surface area contributed by atoms with Gasteiger partial charge in [-0.05, 0) is 47.2 Å². The number of halogens is 1. The molecule has 0 amide bonds. The van der Waals surface area contributed by atoms with Crippen LogP contribution in [0.15, 0.2) is 36.4 Å². The van der Waals surface area contributed by atoms with Gasteiger partial charge in [0.15, 0.2) is 0 Å². The van der Waals surface area contributed by atoms with E-state index < -0.39 is 0 Å². The average molecular weight is 277 g/mol. The molecular weight excluding hydrogens is 256 g/mol. The molecule has 0 aliphatic heterocycles. The van der Waals surface area contributed by atoms with Crippen molar-refractivity contribution in [1.29, 1.82) is 0 Å². The lowest BCUT2D eigenvalue weighted by Gasteiger charge is -2.12. The Morgan fingerprint density at radius 3 is 2.53 bits per heavy atom. The fraction of sp³-hybridized carbons (Fsp3) is 0.412. The zero-order valence-corrected chi connectivity index (χ0v) is 12.2. The van der Waals surface area contributed by atoms with Crippen molar-refractivity contribution in [2.45, 2.75) is 38.5 Å². The highest BCUT2D eigenvalue weighted by Crippen LogP contribution is 2.27. The van der Waals surface area contributed by atoms with E-state index in [1.807, 2.05) is 12.1 Å². The van der Waals surface area contributed by atoms with Crippen LogP contribution in [0.4, 0.5) is 0 Å². The summed E-state index contributed by atoms with van der Waals surface area (Å²) in [7, 11) is 0. The topological polar surface area (TPSA) is 20.2 Å². The lowest BCUT2D eigenvalue weighted by atomic mass is 9.93. The minimum atomic E-state index is 0.311. The maximum Gasteiger partial charge on any atom is 0.0431 e. The molecule has 19 heavy (non-hydrogen) atoms. The highest BCUT2D eigenvalue weighted by Gasteiger charge is 2.06. The van der Waals surface area contributed by atoms with E-state index >= 15 is 0 Å². The fourth-order valence-electron chi connectivity index (χ4n) is 2.45. The monoisotopic (exact) mass is 276 g/mol. The zero-order valence-electron chi connectivity index (χ0n) is 11.4. The summed E-state index contributed by atoms with van der Waals surface area (Å²) < 4.78 is 0. The van der Waals surface area contributed by atoms with Gasteiger partial charge in [-0.1, -0.05) is 55.6 Å². The van der Waals surface area contributed by atoms with Gasteiger partial charge in [-0.2, -0.15) is 0 Å². The fourth-order valence-corrected chi connectivity index (χ4v) is 2.63. The van der Waals surface area contributed by atoms with Crippen molar-refractivity contribution >= 4 is 22.4 Å². The number of benzene rings is 2. The molecule has 0 spiro atoms. The first kappa shape index (κ1) is 14.4. The van der Waals surface area contributed by atoms with E-state index in [2.05, 4.69) is 31.2 Å². The molecule has 0 aromatic heterocycles. The molecule has 0 fully saturated rings. The van der Waals surface area contributed by atoms with Crippen LogP contribution < -0.4 is 0 Å². The Morgan fingerprint density at radius 2 is 1.74 bits per heavy atom. The Labute approximate surface area is 120 Å². The first-order valence-electron chi connectivity index (χ1n) is 7.01. The SMILES string of the molecule is CC(CCCCCO)c1ccc2cc(Cl)ccc2c1. The Bertz CT molecular complexity index is 536. The van der Waals surface area contributed by atoms with Crippen molar-refractivity contribution < 1.29 is 5.11 Å². The summed E-state index contributed by atoms with van der Waals surface area (Å²) in [5.41, 5.74) is 1.39. The second-order valence-corrected chi connectivity index (χ2v) is 5.66. The van der Waals surface area contributed by atoms with Crippen LogP contribution in [0, 0.1) is 0 Å². The molecule has 0 aliphatic carbocycles. The van der Waals surface area contributed by atoms with Gasteiger partial charge in [0.2, 0.25) is 0 Å². The molecule has 0 bridgehead atoms. The molecule has 1 atom stereocenters. The molecule has 2 heteroatoms. The smallest absolute Gasteiger partial charge is 0.0431 e. The summed E-state index contributed by atoms with van der Waals surface area (Å²) in [4.78, 5) is 0. The predicted octanol–water partition coefficient (Wildman–Crippen LogP) is 5.15. The molecule has 0 aliphatic rings. The van der Waals surface area contributed by atoms with Crippen molar-refractivity contribution in [2.75, 3.05) is 6.61 Å². The van der Waals surface area contributed by atoms with Crippen LogP contribution in [0.2, 0.25) is 5.02 Å². The number of hydrogen-bond acceptors (Lipinski definition) is 1. The van der Waals surface area contributed by atoms with Crippen molar-refractivity contribution in [3.05, 3.63) is 47.0 Å². The number of hydrogen-bond donors (Lipinski definition) is 1. The number of aliphatic hydroxyl groups is 1. The summed E-state index contributed by atoms with van der Waals surface area (Å²) in [6.45, 7) is 2.58. The van der Waals surface area contributed by atoms with Gasteiger partial charge in [0, 0.05) is 11.6 Å². The molecule has 0 heterocycles. The predicted molar refractivity (Wildman–Crippen MR) is 82.9 cm³/mol. The van der Waals surface area contributed by atoms with Gasteiger partial charge in [-0.25, -0.2) is 0 Å². The molecule has 2 aromatic rings. The van der Waals surface area contributed by atoms with Gasteiger partial charge in [0.05, 0.1) is 0 Å². The summed E-state index contributed by atoms with van der Waals surface area (Å²) in [6.07, 6.45) is 4.40. The number of rotatable bonds is 6. The largest absolute Gasteiger partial charge is 0.396 e. The number of fused-ring (bicyclic) bond motifs is 1. The number of aliphatic hydroxyl groups excluding tert-OH is 1. The normalized spacial score (nSPS) is 12.8. The van der Waals surface area contributed by atoms with Crippen molar-refractivity contribution in [2.24, 2.45) is 0 Å². The third-order valence-corrected chi connectivity index (χ3v) is 3.93. The van der Waals surface area contributed by atoms with Crippen LogP contribution in [0.3, 0.4) is 0 Å². The Balaban J connectivity index is 2.05. The third kappa shape index (κ3) is 3.95. The van der Waals surface area contributed by atoms with Gasteiger partial charge in [0.25, 0.3) is 0 Å². The van der Waals surface area contributed by atoms with Crippen LogP contribution in [-0.2, 0) is 0 Å². The Morgan fingerprint density at radius 1 is 1.00 bits per heavy atom. The van der Waals surface area contributed by atoms with Gasteiger partial charge in [-0.3, -0.25) is 0 Å². The standard InChI is InChI=1S/C17H21ClO/c1-13(5-3-2-4-10-19)14-6-7-16-12-17(18)9-8-15(16)11-14/h6-9,11-13,19H,2-5,10H2,1H3. The third-order valence-electron chi connectivity index (χ3n) is 3.69. The summed E-state index contributed by atoms with van der Waals surface area (Å²) in [6, 6.07) is 12.7. The van der Waals surface area contributed by atoms with Crippen molar-refractivity contribution in [1.82, 2.24) is 0 Å². The maximum atomic E-state index is 8.78. The second kappa shape index (κ2) is 6.93. The van der Waals surface area contributed by atoms with E-state index in [1.54, 1.807) is 0 Å². The Kier molecular flexibility index (Phi) is 5.24. The van der Waals surface area contributed by atoms with Crippen LogP contribution >= 0.6 is 11.6 Å². The molecule has 2 rings (SSSR count). The van der Waals surface area contributed by atoms with Crippen molar-refractivity contribution in [3.63, 3.8) is 0 Å². The van der Waals surface area contributed by atoms with E-state index in [4.69, 9.17) is 16.7 Å². The Hall–Kier alpha value is -1.05. The van der Waals surface area contributed by atoms with E-state index in [0.29, 0.717) is 12.5 Å². The van der Waals surface area contributed by atoms with E-state index in [-0.39, 0.29) is 0 Å². The van der Waals surface area contributed by atoms with E-state index in [0.717, 1.165) is 17.9 Å². The summed E-state index contributed by atoms with van der Waals surface area (Å²) in [5, 5.41) is 12.0. The molecule has 1 nitrogen and oxygen atoms in total. The molecule has 2 aromatic carbocycles. The first-order valence-corrected chi connectivity index (χ1v) is 7.38. The lowest BCUT2D eigenvalue weighted by molar-refractivity contribution is 0.282. The van der Waals surface area contributed by atoms with Crippen LogP contribution in [0.25, 0.3) is 10.8 Å². The van der Waals surface area contributed by atoms with Crippen LogP contribution in [0.1, 0.15) is 44.1 Å². The maximum absolute atomic E-state index is 8.78. The average Bonchev–Trinajstić information content (AvgIpc) is 2.42. The highest BCUT2D eigenvalue weighted by molar-refractivity contribution is 6.31. The molecule has 0 saturated heterocycles. The van der Waals surface area contributed by atoms with E-state index in [1.165, 1.54) is 29.2 Å². The lowest BCUT2D eigenvalue weighted by Crippen LogP contribution is -1.94. The van der Waals surface area contributed by atoms with Crippen LogP contribution in [-0.4, -0.2) is 11.7 Å². The minimum absolute atomic E-state index is 0.311. The molecule has 1 N–H and O–H groups in total. The van der Waals surface area contributed by atoms with Gasteiger partial charge >= 0.3 is 0 Å². The van der Waals surface area contributed by atoms with E-state index in [9.17, 15) is 0 Å². The summed E-state index contributed by atoms with van der Waals surface area (Å²) in [5.74, 6) is 0.568. The zero-order chi connectivity index (χ0) is 13.7. The van der Waals surface area contributed by atoms with Gasteiger partial charge in [-0.15, -0.1) is 0 Å². The van der Waals surface area contributed by atoms with Gasteiger partial charge < -0.3 is 5.11 Å². The highest BCUT2D eigenvalue weighted by atomic mass is 35.5. The molecule has 102 valence electrons. The molecule has 1 unspecified atom stereocenters. The molecular formula is C17H21ClO. The number of unbranched alkanes of at least 4 members (excludes halogenated alkanes) is 2. The first-order chi connectivity index (χ1) is 9.20. The quantitative estimate of drug-likeness (QED) is 0.724. The van der Waals surface area contributed by atoms with Crippen LogP contribution in [0.5, 0.6) is 0 Å². The van der Waals surface area contributed by atoms with Gasteiger partial charge in [0.1, 0.15) is 0 Å². The minimum Gasteiger partial charge on any atom is -0.396 e. The molecule has 0 radical (unpaired) electrons. The van der Waals surface area contributed by atoms with Crippen molar-refractivity contribution in [3.8, 4) is 0 Å². The molecule has 0 saturated carbocycles. The summed E-state index contributed by atoms with van der Waals surface area (Å²) >= 11 is 6.00.